The minimum absolute atomic E-state index is 0.0780. The number of carbonyl (C=O) groups is 1. The quantitative estimate of drug-likeness (QED) is 0.518. The van der Waals surface area contributed by atoms with Crippen molar-refractivity contribution in [3.8, 4) is 17.2 Å². The molecule has 1 atom stereocenters. The number of benzene rings is 3. The van der Waals surface area contributed by atoms with E-state index in [1.54, 1.807) is 36.4 Å². The van der Waals surface area contributed by atoms with E-state index in [4.69, 9.17) is 21.1 Å². The van der Waals surface area contributed by atoms with Gasteiger partial charge in [-0.2, -0.15) is 4.72 Å². The van der Waals surface area contributed by atoms with Crippen molar-refractivity contribution in [3.63, 3.8) is 0 Å². The van der Waals surface area contributed by atoms with Gasteiger partial charge in [0.15, 0.2) is 5.75 Å². The van der Waals surface area contributed by atoms with Gasteiger partial charge in [-0.15, -0.1) is 0 Å². The van der Waals surface area contributed by atoms with Crippen LogP contribution in [0.1, 0.15) is 6.92 Å². The molecule has 3 aromatic carbocycles. The highest BCUT2D eigenvalue weighted by atomic mass is 35.5. The molecule has 3 aromatic rings. The number of rotatable bonds is 8. The number of halogens is 1. The predicted molar refractivity (Wildman–Crippen MR) is 119 cm³/mol. The standard InChI is InChI=1S/C22H21ClN2O5S/c1-15(25-31(27,28)17-12-13-20(29-2)18(23)14-17)22(26)24-19-10-6-7-11-21(19)30-16-8-4-3-5-9-16/h3-15,25H,1-2H3,(H,24,26)/t15-/m1/s1. The predicted octanol–water partition coefficient (Wildman–Crippen LogP) is 4.45. The second-order valence-electron chi connectivity index (χ2n) is 6.54. The molecule has 7 nitrogen and oxygen atoms in total. The molecule has 0 heterocycles. The second-order valence-corrected chi connectivity index (χ2v) is 8.66. The highest BCUT2D eigenvalue weighted by Gasteiger charge is 2.23. The lowest BCUT2D eigenvalue weighted by Crippen LogP contribution is -2.41. The van der Waals surface area contributed by atoms with Gasteiger partial charge in [0.25, 0.3) is 0 Å². The third-order valence-electron chi connectivity index (χ3n) is 4.27. The van der Waals surface area contributed by atoms with Crippen LogP contribution in [0.15, 0.2) is 77.7 Å². The molecular weight excluding hydrogens is 440 g/mol. The van der Waals surface area contributed by atoms with Crippen molar-refractivity contribution in [2.45, 2.75) is 17.9 Å². The summed E-state index contributed by atoms with van der Waals surface area (Å²) in [4.78, 5) is 12.6. The monoisotopic (exact) mass is 460 g/mol. The normalized spacial score (nSPS) is 12.1. The van der Waals surface area contributed by atoms with Crippen LogP contribution in [0.25, 0.3) is 0 Å². The molecule has 2 N–H and O–H groups in total. The number of methoxy groups -OCH3 is 1. The molecule has 0 aromatic heterocycles. The number of ether oxygens (including phenoxy) is 2. The first kappa shape index (κ1) is 22.6. The van der Waals surface area contributed by atoms with Crippen molar-refractivity contribution >= 4 is 33.2 Å². The Balaban J connectivity index is 1.72. The van der Waals surface area contributed by atoms with Gasteiger partial charge in [0.2, 0.25) is 15.9 Å². The Morgan fingerprint density at radius 1 is 0.968 bits per heavy atom. The van der Waals surface area contributed by atoms with E-state index in [1.807, 2.05) is 18.2 Å². The maximum atomic E-state index is 12.7. The Labute approximate surface area is 186 Å². The van der Waals surface area contributed by atoms with Gasteiger partial charge in [-0.25, -0.2) is 8.42 Å². The largest absolute Gasteiger partial charge is 0.495 e. The summed E-state index contributed by atoms with van der Waals surface area (Å²) in [5.74, 6) is 0.835. The van der Waals surface area contributed by atoms with Crippen LogP contribution in [-0.2, 0) is 14.8 Å². The van der Waals surface area contributed by atoms with Gasteiger partial charge in [-0.05, 0) is 49.4 Å². The number of carbonyl (C=O) groups excluding carboxylic acids is 1. The van der Waals surface area contributed by atoms with Gasteiger partial charge in [-0.3, -0.25) is 4.79 Å². The average Bonchev–Trinajstić information content (AvgIpc) is 2.75. The third kappa shape index (κ3) is 5.75. The SMILES string of the molecule is COc1ccc(S(=O)(=O)N[C@H](C)C(=O)Nc2ccccc2Oc2ccccc2)cc1Cl. The summed E-state index contributed by atoms with van der Waals surface area (Å²) in [5.41, 5.74) is 0.412. The van der Waals surface area contributed by atoms with Gasteiger partial charge in [0.05, 0.1) is 28.8 Å². The summed E-state index contributed by atoms with van der Waals surface area (Å²) in [5, 5.41) is 2.84. The van der Waals surface area contributed by atoms with Gasteiger partial charge >= 0.3 is 0 Å². The molecule has 3 rings (SSSR count). The summed E-state index contributed by atoms with van der Waals surface area (Å²) < 4.78 is 38.5. The van der Waals surface area contributed by atoms with Crippen LogP contribution in [0.5, 0.6) is 17.2 Å². The van der Waals surface area contributed by atoms with Crippen LogP contribution in [-0.4, -0.2) is 27.5 Å². The molecule has 0 saturated heterocycles. The Bertz CT molecular complexity index is 1170. The first-order chi connectivity index (χ1) is 14.8. The smallest absolute Gasteiger partial charge is 0.242 e. The molecule has 0 spiro atoms. The minimum Gasteiger partial charge on any atom is -0.495 e. The van der Waals surface area contributed by atoms with Crippen molar-refractivity contribution < 1.29 is 22.7 Å². The zero-order valence-corrected chi connectivity index (χ0v) is 18.4. The Morgan fingerprint density at radius 2 is 1.65 bits per heavy atom. The fraction of sp³-hybridized carbons (Fsp3) is 0.136. The maximum Gasteiger partial charge on any atom is 0.242 e. The summed E-state index contributed by atoms with van der Waals surface area (Å²) in [6.45, 7) is 1.44. The zero-order chi connectivity index (χ0) is 22.4. The summed E-state index contributed by atoms with van der Waals surface area (Å²) in [7, 11) is -2.56. The minimum atomic E-state index is -3.99. The summed E-state index contributed by atoms with van der Waals surface area (Å²) in [6.07, 6.45) is 0. The molecule has 162 valence electrons. The molecule has 31 heavy (non-hydrogen) atoms. The number of sulfonamides is 1. The molecular formula is C22H21ClN2O5S. The molecule has 0 aliphatic heterocycles. The topological polar surface area (TPSA) is 93.7 Å². The van der Waals surface area contributed by atoms with Crippen LogP contribution in [0.3, 0.4) is 0 Å². The van der Waals surface area contributed by atoms with Crippen LogP contribution in [0, 0.1) is 0 Å². The lowest BCUT2D eigenvalue weighted by atomic mass is 10.2. The van der Waals surface area contributed by atoms with E-state index in [-0.39, 0.29) is 9.92 Å². The van der Waals surface area contributed by atoms with Crippen molar-refractivity contribution in [1.29, 1.82) is 0 Å². The number of nitrogens with one attached hydrogen (secondary N) is 2. The van der Waals surface area contributed by atoms with E-state index < -0.39 is 22.0 Å². The van der Waals surface area contributed by atoms with E-state index in [0.29, 0.717) is 22.9 Å². The Morgan fingerprint density at radius 3 is 2.32 bits per heavy atom. The van der Waals surface area contributed by atoms with Gasteiger partial charge in [-0.1, -0.05) is 41.9 Å². The summed E-state index contributed by atoms with van der Waals surface area (Å²) >= 11 is 6.02. The molecule has 1 amide bonds. The summed E-state index contributed by atoms with van der Waals surface area (Å²) in [6, 6.07) is 19.0. The van der Waals surface area contributed by atoms with Crippen molar-refractivity contribution in [3.05, 3.63) is 77.8 Å². The van der Waals surface area contributed by atoms with E-state index in [2.05, 4.69) is 10.0 Å². The van der Waals surface area contributed by atoms with Crippen molar-refractivity contribution in [1.82, 2.24) is 4.72 Å². The van der Waals surface area contributed by atoms with Gasteiger partial charge < -0.3 is 14.8 Å². The maximum absolute atomic E-state index is 12.7. The molecule has 0 unspecified atom stereocenters. The van der Waals surface area contributed by atoms with Crippen LogP contribution < -0.4 is 19.5 Å². The van der Waals surface area contributed by atoms with E-state index >= 15 is 0 Å². The van der Waals surface area contributed by atoms with E-state index in [9.17, 15) is 13.2 Å². The number of para-hydroxylation sites is 3. The molecule has 0 aliphatic rings. The average molecular weight is 461 g/mol. The molecule has 0 aliphatic carbocycles. The van der Waals surface area contributed by atoms with E-state index in [1.165, 1.54) is 32.2 Å². The zero-order valence-electron chi connectivity index (χ0n) is 16.8. The number of anilines is 1. The number of hydrogen-bond acceptors (Lipinski definition) is 5. The van der Waals surface area contributed by atoms with Gasteiger partial charge in [0.1, 0.15) is 11.5 Å². The van der Waals surface area contributed by atoms with Crippen molar-refractivity contribution in [2.24, 2.45) is 0 Å². The fourth-order valence-corrected chi connectivity index (χ4v) is 4.24. The third-order valence-corrected chi connectivity index (χ3v) is 6.11. The Kier molecular flexibility index (Phi) is 7.17. The van der Waals surface area contributed by atoms with E-state index in [0.717, 1.165) is 0 Å². The van der Waals surface area contributed by atoms with Crippen LogP contribution in [0.2, 0.25) is 5.02 Å². The highest BCUT2D eigenvalue weighted by Crippen LogP contribution is 2.29. The molecule has 0 radical (unpaired) electrons. The molecule has 0 fully saturated rings. The molecule has 9 heteroatoms. The first-order valence-electron chi connectivity index (χ1n) is 9.29. The highest BCUT2D eigenvalue weighted by molar-refractivity contribution is 7.89. The van der Waals surface area contributed by atoms with Crippen LogP contribution >= 0.6 is 11.6 Å². The Hall–Kier alpha value is -3.07. The number of amides is 1. The molecule has 0 saturated carbocycles. The van der Waals surface area contributed by atoms with Crippen molar-refractivity contribution in [2.75, 3.05) is 12.4 Å². The lowest BCUT2D eigenvalue weighted by Gasteiger charge is -2.17. The van der Waals surface area contributed by atoms with Gasteiger partial charge in [0, 0.05) is 0 Å². The lowest BCUT2D eigenvalue weighted by molar-refractivity contribution is -0.117. The van der Waals surface area contributed by atoms with Crippen LogP contribution in [0.4, 0.5) is 5.69 Å². The number of hydrogen-bond donors (Lipinski definition) is 2. The second kappa shape index (κ2) is 9.82. The fourth-order valence-electron chi connectivity index (χ4n) is 2.68. The molecule has 0 bridgehead atoms. The first-order valence-corrected chi connectivity index (χ1v) is 11.1.